The van der Waals surface area contributed by atoms with Gasteiger partial charge in [-0.1, -0.05) is 18.2 Å². The molecule has 0 aliphatic rings. The lowest BCUT2D eigenvalue weighted by atomic mass is 10.1. The molecule has 1 heterocycles. The molecule has 0 fully saturated rings. The summed E-state index contributed by atoms with van der Waals surface area (Å²) >= 11 is 0. The van der Waals surface area contributed by atoms with Crippen molar-refractivity contribution in [3.8, 4) is 0 Å². The number of amides is 4. The number of carbonyl (C=O) groups is 4. The third-order valence-electron chi connectivity index (χ3n) is 3.62. The molecular formula is C18H19N5O5. The number of primary amides is 2. The molecule has 2 aromatic rings. The van der Waals surface area contributed by atoms with Crippen LogP contribution in [0.5, 0.6) is 0 Å². The molecule has 0 radical (unpaired) electrons. The molecule has 0 bridgehead atoms. The number of hydrogen-bond donors (Lipinski definition) is 5. The quantitative estimate of drug-likeness (QED) is 0.309. The Morgan fingerprint density at radius 3 is 1.96 bits per heavy atom. The minimum atomic E-state index is -0.767. The van der Waals surface area contributed by atoms with Gasteiger partial charge in [-0.05, 0) is 24.3 Å². The van der Waals surface area contributed by atoms with Crippen molar-refractivity contribution < 1.29 is 23.6 Å². The van der Waals surface area contributed by atoms with Gasteiger partial charge in [0, 0.05) is 13.1 Å². The van der Waals surface area contributed by atoms with Crippen molar-refractivity contribution in [2.45, 2.75) is 0 Å². The first-order valence-corrected chi connectivity index (χ1v) is 8.10. The van der Waals surface area contributed by atoms with Gasteiger partial charge in [0.05, 0.1) is 16.8 Å². The highest BCUT2D eigenvalue weighted by Crippen LogP contribution is 2.16. The molecule has 28 heavy (non-hydrogen) atoms. The fraction of sp³-hybridized carbons (Fsp3) is 0.111. The summed E-state index contributed by atoms with van der Waals surface area (Å²) in [7, 11) is 0. The minimum Gasteiger partial charge on any atom is -0.446 e. The second-order valence-corrected chi connectivity index (χ2v) is 5.55. The van der Waals surface area contributed by atoms with Crippen LogP contribution in [0.3, 0.4) is 0 Å². The molecule has 0 saturated heterocycles. The number of furan rings is 1. The van der Waals surface area contributed by atoms with E-state index in [0.717, 1.165) is 0 Å². The number of carbonyl (C=O) groups excluding carboxylic acids is 4. The van der Waals surface area contributed by atoms with Crippen molar-refractivity contribution in [1.82, 2.24) is 10.6 Å². The first-order chi connectivity index (χ1) is 13.3. The van der Waals surface area contributed by atoms with Crippen LogP contribution in [0, 0.1) is 0 Å². The molecule has 146 valence electrons. The molecule has 10 nitrogen and oxygen atoms in total. The maximum atomic E-state index is 12.1. The molecule has 0 unspecified atom stereocenters. The summed E-state index contributed by atoms with van der Waals surface area (Å²) in [5.41, 5.74) is 16.2. The zero-order valence-electron chi connectivity index (χ0n) is 14.7. The summed E-state index contributed by atoms with van der Waals surface area (Å²) in [6.45, 7) is 0.335. The van der Waals surface area contributed by atoms with Crippen molar-refractivity contribution >= 4 is 29.3 Å². The van der Waals surface area contributed by atoms with E-state index in [1.54, 1.807) is 12.2 Å². The number of benzene rings is 1. The van der Waals surface area contributed by atoms with Gasteiger partial charge < -0.3 is 32.3 Å². The summed E-state index contributed by atoms with van der Waals surface area (Å²) in [6, 6.07) is 7.06. The predicted molar refractivity (Wildman–Crippen MR) is 100 cm³/mol. The van der Waals surface area contributed by atoms with Gasteiger partial charge in [0.1, 0.15) is 0 Å². The van der Waals surface area contributed by atoms with Crippen LogP contribution in [0.4, 0.5) is 5.69 Å². The zero-order valence-corrected chi connectivity index (χ0v) is 14.7. The normalized spacial score (nSPS) is 10.6. The van der Waals surface area contributed by atoms with Crippen LogP contribution >= 0.6 is 0 Å². The zero-order chi connectivity index (χ0) is 20.7. The molecule has 0 saturated carbocycles. The van der Waals surface area contributed by atoms with E-state index in [1.807, 2.05) is 0 Å². The Balaban J connectivity index is 1.80. The average molecular weight is 385 g/mol. The summed E-state index contributed by atoms with van der Waals surface area (Å²) in [4.78, 5) is 46.1. The van der Waals surface area contributed by atoms with E-state index < -0.39 is 23.6 Å². The lowest BCUT2D eigenvalue weighted by Gasteiger charge is -2.08. The number of rotatable bonds is 8. The second kappa shape index (κ2) is 9.03. The standard InChI is InChI=1S/C18H19N5O5/c19-14-10(15(20)24)4-3-5-11(14)17(26)22-8-1-2-9-23-18(27)13-7-6-12(28-13)16(21)25/h1-7H,8-9,19H2,(H2,20,24)(H2,21,25)(H,22,26)(H,23,27)/b2-1+. The Bertz CT molecular complexity index is 948. The molecule has 8 N–H and O–H groups in total. The van der Waals surface area contributed by atoms with Crippen molar-refractivity contribution in [3.63, 3.8) is 0 Å². The van der Waals surface area contributed by atoms with E-state index in [-0.39, 0.29) is 41.4 Å². The summed E-state index contributed by atoms with van der Waals surface area (Å²) < 4.78 is 4.99. The maximum absolute atomic E-state index is 12.1. The molecule has 4 amide bonds. The molecule has 1 aromatic heterocycles. The van der Waals surface area contributed by atoms with Crippen LogP contribution in [-0.4, -0.2) is 36.7 Å². The predicted octanol–water partition coefficient (Wildman–Crippen LogP) is -0.224. The van der Waals surface area contributed by atoms with Crippen molar-refractivity contribution in [1.29, 1.82) is 0 Å². The largest absolute Gasteiger partial charge is 0.446 e. The van der Waals surface area contributed by atoms with Gasteiger partial charge in [-0.25, -0.2) is 0 Å². The van der Waals surface area contributed by atoms with Crippen molar-refractivity contribution in [2.75, 3.05) is 18.8 Å². The molecule has 0 aliphatic carbocycles. The van der Waals surface area contributed by atoms with Crippen molar-refractivity contribution in [2.24, 2.45) is 11.5 Å². The van der Waals surface area contributed by atoms with Crippen LogP contribution in [0.2, 0.25) is 0 Å². The average Bonchev–Trinajstić information content (AvgIpc) is 3.14. The number of nitrogens with one attached hydrogen (secondary N) is 2. The fourth-order valence-electron chi connectivity index (χ4n) is 2.22. The highest BCUT2D eigenvalue weighted by molar-refractivity contribution is 6.06. The van der Waals surface area contributed by atoms with Gasteiger partial charge in [0.15, 0.2) is 11.5 Å². The fourth-order valence-corrected chi connectivity index (χ4v) is 2.22. The highest BCUT2D eigenvalue weighted by Gasteiger charge is 2.15. The Morgan fingerprint density at radius 2 is 1.39 bits per heavy atom. The van der Waals surface area contributed by atoms with Gasteiger partial charge in [-0.3, -0.25) is 19.2 Å². The number of para-hydroxylation sites is 1. The maximum Gasteiger partial charge on any atom is 0.287 e. The van der Waals surface area contributed by atoms with Crippen LogP contribution < -0.4 is 27.8 Å². The topological polar surface area (TPSA) is 184 Å². The molecule has 0 atom stereocenters. The van der Waals surface area contributed by atoms with Crippen molar-refractivity contribution in [3.05, 3.63) is 65.1 Å². The van der Waals surface area contributed by atoms with Crippen LogP contribution in [-0.2, 0) is 0 Å². The summed E-state index contributed by atoms with van der Waals surface area (Å²) in [5, 5.41) is 5.15. The number of hydrogen-bond acceptors (Lipinski definition) is 6. The lowest BCUT2D eigenvalue weighted by molar-refractivity contribution is 0.0915. The number of anilines is 1. The molecule has 2 rings (SSSR count). The van der Waals surface area contributed by atoms with Gasteiger partial charge in [0.25, 0.3) is 23.6 Å². The molecule has 0 aliphatic heterocycles. The van der Waals surface area contributed by atoms with E-state index in [0.29, 0.717) is 0 Å². The van der Waals surface area contributed by atoms with Gasteiger partial charge in [-0.15, -0.1) is 0 Å². The van der Waals surface area contributed by atoms with Crippen LogP contribution in [0.1, 0.15) is 41.8 Å². The van der Waals surface area contributed by atoms with Gasteiger partial charge >= 0.3 is 0 Å². The van der Waals surface area contributed by atoms with Gasteiger partial charge in [-0.2, -0.15) is 0 Å². The summed E-state index contributed by atoms with van der Waals surface area (Å²) in [5.74, 6) is -2.62. The van der Waals surface area contributed by atoms with E-state index in [9.17, 15) is 19.2 Å². The van der Waals surface area contributed by atoms with Crippen LogP contribution in [0.25, 0.3) is 0 Å². The third kappa shape index (κ3) is 4.97. The number of nitrogens with two attached hydrogens (primary N) is 3. The SMILES string of the molecule is NC(=O)c1ccc(C(=O)NC/C=C/CNC(=O)c2cccc(C(N)=O)c2N)o1. The monoisotopic (exact) mass is 385 g/mol. The van der Waals surface area contributed by atoms with E-state index >= 15 is 0 Å². The second-order valence-electron chi connectivity index (χ2n) is 5.55. The molecule has 1 aromatic carbocycles. The Hall–Kier alpha value is -4.08. The van der Waals surface area contributed by atoms with Crippen LogP contribution in [0.15, 0.2) is 46.9 Å². The Morgan fingerprint density at radius 1 is 0.821 bits per heavy atom. The van der Waals surface area contributed by atoms with Gasteiger partial charge in [0.2, 0.25) is 0 Å². The highest BCUT2D eigenvalue weighted by atomic mass is 16.4. The third-order valence-corrected chi connectivity index (χ3v) is 3.62. The summed E-state index contributed by atoms with van der Waals surface area (Å²) in [6.07, 6.45) is 3.22. The first-order valence-electron chi connectivity index (χ1n) is 8.10. The Kier molecular flexibility index (Phi) is 6.53. The van der Waals surface area contributed by atoms with E-state index in [1.165, 1.54) is 30.3 Å². The molecule has 10 heteroatoms. The van der Waals surface area contributed by atoms with E-state index in [4.69, 9.17) is 21.6 Å². The number of nitrogen functional groups attached to an aromatic ring is 1. The van der Waals surface area contributed by atoms with E-state index in [2.05, 4.69) is 10.6 Å². The lowest BCUT2D eigenvalue weighted by Crippen LogP contribution is -2.26. The smallest absolute Gasteiger partial charge is 0.287 e. The first kappa shape index (κ1) is 20.2. The Labute approximate surface area is 159 Å². The molecular weight excluding hydrogens is 366 g/mol. The minimum absolute atomic E-state index is 0.0116. The molecule has 0 spiro atoms.